The normalized spacial score (nSPS) is 10.6. The number of halogens is 2. The van der Waals surface area contributed by atoms with Crippen LogP contribution in [0.5, 0.6) is 0 Å². The SMILES string of the molecule is Cc1nc(-c2c(F)cccc2F)c(N)s1. The minimum absolute atomic E-state index is 0.153. The summed E-state index contributed by atoms with van der Waals surface area (Å²) in [5, 5.41) is 1.02. The van der Waals surface area contributed by atoms with E-state index < -0.39 is 11.6 Å². The van der Waals surface area contributed by atoms with Crippen molar-refractivity contribution in [3.8, 4) is 11.3 Å². The molecule has 5 heteroatoms. The molecule has 2 rings (SSSR count). The monoisotopic (exact) mass is 226 g/mol. The third-order valence-corrected chi connectivity index (χ3v) is 2.76. The number of benzene rings is 1. The van der Waals surface area contributed by atoms with Crippen LogP contribution in [0.25, 0.3) is 11.3 Å². The van der Waals surface area contributed by atoms with Crippen LogP contribution in [0, 0.1) is 18.6 Å². The summed E-state index contributed by atoms with van der Waals surface area (Å²) in [5.41, 5.74) is 5.67. The van der Waals surface area contributed by atoms with Crippen molar-refractivity contribution in [2.24, 2.45) is 0 Å². The highest BCUT2D eigenvalue weighted by molar-refractivity contribution is 7.16. The Hall–Kier alpha value is -1.49. The van der Waals surface area contributed by atoms with Crippen molar-refractivity contribution in [2.45, 2.75) is 6.92 Å². The lowest BCUT2D eigenvalue weighted by Gasteiger charge is -2.01. The second-order valence-electron chi connectivity index (χ2n) is 3.04. The predicted molar refractivity (Wildman–Crippen MR) is 56.6 cm³/mol. The van der Waals surface area contributed by atoms with Crippen LogP contribution in [-0.4, -0.2) is 4.98 Å². The van der Waals surface area contributed by atoms with E-state index in [2.05, 4.69) is 4.98 Å². The maximum atomic E-state index is 13.4. The van der Waals surface area contributed by atoms with Gasteiger partial charge in [-0.05, 0) is 19.1 Å². The Labute approximate surface area is 89.4 Å². The van der Waals surface area contributed by atoms with E-state index in [1.807, 2.05) is 0 Å². The van der Waals surface area contributed by atoms with Crippen LogP contribution in [0.15, 0.2) is 18.2 Å². The summed E-state index contributed by atoms with van der Waals surface area (Å²) in [6, 6.07) is 3.68. The third kappa shape index (κ3) is 1.70. The van der Waals surface area contributed by atoms with E-state index in [0.717, 1.165) is 0 Å². The molecule has 0 radical (unpaired) electrons. The Balaban J connectivity index is 2.68. The molecule has 1 aromatic heterocycles. The van der Waals surface area contributed by atoms with Crippen LogP contribution in [-0.2, 0) is 0 Å². The molecule has 0 unspecified atom stereocenters. The molecule has 0 saturated carbocycles. The predicted octanol–water partition coefficient (Wildman–Crippen LogP) is 2.98. The molecule has 2 N–H and O–H groups in total. The first-order valence-electron chi connectivity index (χ1n) is 4.27. The molecule has 15 heavy (non-hydrogen) atoms. The average Bonchev–Trinajstić information content (AvgIpc) is 2.45. The van der Waals surface area contributed by atoms with Gasteiger partial charge in [0, 0.05) is 0 Å². The van der Waals surface area contributed by atoms with E-state index in [1.165, 1.54) is 29.5 Å². The van der Waals surface area contributed by atoms with Gasteiger partial charge in [-0.15, -0.1) is 11.3 Å². The van der Waals surface area contributed by atoms with Crippen molar-refractivity contribution >= 4 is 16.3 Å². The van der Waals surface area contributed by atoms with E-state index in [1.54, 1.807) is 6.92 Å². The molecular formula is C10H8F2N2S. The van der Waals surface area contributed by atoms with Crippen LogP contribution in [0.4, 0.5) is 13.8 Å². The van der Waals surface area contributed by atoms with Crippen molar-refractivity contribution in [1.29, 1.82) is 0 Å². The number of rotatable bonds is 1. The lowest BCUT2D eigenvalue weighted by atomic mass is 10.1. The number of nitrogen functional groups attached to an aromatic ring is 1. The first-order valence-corrected chi connectivity index (χ1v) is 5.08. The summed E-state index contributed by atoms with van der Waals surface area (Å²) < 4.78 is 26.8. The number of hydrogen-bond acceptors (Lipinski definition) is 3. The van der Waals surface area contributed by atoms with Gasteiger partial charge in [0.1, 0.15) is 22.3 Å². The molecule has 2 aromatic rings. The lowest BCUT2D eigenvalue weighted by molar-refractivity contribution is 0.589. The highest BCUT2D eigenvalue weighted by atomic mass is 32.1. The summed E-state index contributed by atoms with van der Waals surface area (Å²) in [5.74, 6) is -1.29. The van der Waals surface area contributed by atoms with Gasteiger partial charge >= 0.3 is 0 Å². The summed E-state index contributed by atoms with van der Waals surface area (Å²) in [4.78, 5) is 4.02. The highest BCUT2D eigenvalue weighted by Crippen LogP contribution is 2.33. The molecule has 0 bridgehead atoms. The van der Waals surface area contributed by atoms with Gasteiger partial charge in [-0.25, -0.2) is 13.8 Å². The zero-order chi connectivity index (χ0) is 11.0. The number of nitrogens with two attached hydrogens (primary N) is 1. The molecule has 0 amide bonds. The molecular weight excluding hydrogens is 218 g/mol. The Morgan fingerprint density at radius 2 is 1.87 bits per heavy atom. The maximum Gasteiger partial charge on any atom is 0.135 e. The Morgan fingerprint density at radius 1 is 1.27 bits per heavy atom. The van der Waals surface area contributed by atoms with Gasteiger partial charge in [-0.1, -0.05) is 6.07 Å². The number of nitrogens with zero attached hydrogens (tertiary/aromatic N) is 1. The van der Waals surface area contributed by atoms with E-state index in [0.29, 0.717) is 10.0 Å². The zero-order valence-electron chi connectivity index (χ0n) is 7.92. The van der Waals surface area contributed by atoms with Crippen LogP contribution >= 0.6 is 11.3 Å². The smallest absolute Gasteiger partial charge is 0.135 e. The second kappa shape index (κ2) is 3.58. The highest BCUT2D eigenvalue weighted by Gasteiger charge is 2.16. The summed E-state index contributed by atoms with van der Waals surface area (Å²) >= 11 is 1.21. The summed E-state index contributed by atoms with van der Waals surface area (Å²) in [6.07, 6.45) is 0. The van der Waals surface area contributed by atoms with Gasteiger partial charge in [0.05, 0.1) is 10.6 Å². The fourth-order valence-electron chi connectivity index (χ4n) is 1.35. The molecule has 2 nitrogen and oxygen atoms in total. The van der Waals surface area contributed by atoms with E-state index in [-0.39, 0.29) is 11.3 Å². The molecule has 0 saturated heterocycles. The summed E-state index contributed by atoms with van der Waals surface area (Å²) in [6.45, 7) is 1.74. The molecule has 1 heterocycles. The van der Waals surface area contributed by atoms with Crippen LogP contribution in [0.2, 0.25) is 0 Å². The van der Waals surface area contributed by atoms with E-state index in [9.17, 15) is 8.78 Å². The van der Waals surface area contributed by atoms with Gasteiger partial charge in [0.15, 0.2) is 0 Å². The van der Waals surface area contributed by atoms with Gasteiger partial charge in [-0.3, -0.25) is 0 Å². The fraction of sp³-hybridized carbons (Fsp3) is 0.100. The number of thiazole rings is 1. The molecule has 0 aliphatic rings. The molecule has 0 spiro atoms. The first-order chi connectivity index (χ1) is 7.09. The van der Waals surface area contributed by atoms with Gasteiger partial charge in [0.2, 0.25) is 0 Å². The quantitative estimate of drug-likeness (QED) is 0.811. The van der Waals surface area contributed by atoms with E-state index >= 15 is 0 Å². The zero-order valence-corrected chi connectivity index (χ0v) is 8.74. The molecule has 78 valence electrons. The van der Waals surface area contributed by atoms with Crippen molar-refractivity contribution in [2.75, 3.05) is 5.73 Å². The number of anilines is 1. The van der Waals surface area contributed by atoms with Crippen molar-refractivity contribution in [1.82, 2.24) is 4.98 Å². The van der Waals surface area contributed by atoms with Gasteiger partial charge in [-0.2, -0.15) is 0 Å². The van der Waals surface area contributed by atoms with Crippen LogP contribution in [0.3, 0.4) is 0 Å². The topological polar surface area (TPSA) is 38.9 Å². The largest absolute Gasteiger partial charge is 0.389 e. The molecule has 0 atom stereocenters. The fourth-order valence-corrected chi connectivity index (χ4v) is 2.05. The van der Waals surface area contributed by atoms with E-state index in [4.69, 9.17) is 5.73 Å². The van der Waals surface area contributed by atoms with Gasteiger partial charge in [0.25, 0.3) is 0 Å². The van der Waals surface area contributed by atoms with Crippen molar-refractivity contribution < 1.29 is 8.78 Å². The molecule has 1 aromatic carbocycles. The Morgan fingerprint density at radius 3 is 2.33 bits per heavy atom. The lowest BCUT2D eigenvalue weighted by Crippen LogP contribution is -1.93. The Bertz CT molecular complexity index is 488. The van der Waals surface area contributed by atoms with Crippen LogP contribution in [0.1, 0.15) is 5.01 Å². The number of aryl methyl sites for hydroxylation is 1. The minimum Gasteiger partial charge on any atom is -0.389 e. The first kappa shape index (κ1) is 10.0. The maximum absolute atomic E-state index is 13.4. The average molecular weight is 226 g/mol. The number of aromatic nitrogens is 1. The van der Waals surface area contributed by atoms with Crippen molar-refractivity contribution in [3.63, 3.8) is 0 Å². The van der Waals surface area contributed by atoms with Gasteiger partial charge < -0.3 is 5.73 Å². The second-order valence-corrected chi connectivity index (χ2v) is 4.28. The molecule has 0 aliphatic carbocycles. The molecule has 0 aliphatic heterocycles. The minimum atomic E-state index is -0.646. The number of hydrogen-bond donors (Lipinski definition) is 1. The van der Waals surface area contributed by atoms with Crippen LogP contribution < -0.4 is 5.73 Å². The van der Waals surface area contributed by atoms with Crippen molar-refractivity contribution in [3.05, 3.63) is 34.8 Å². The Kier molecular flexibility index (Phi) is 2.40. The third-order valence-electron chi connectivity index (χ3n) is 1.96. The standard InChI is InChI=1S/C10H8F2N2S/c1-5-14-9(10(13)15-5)8-6(11)3-2-4-7(8)12/h2-4H,13H2,1H3. The molecule has 0 fully saturated rings. The summed E-state index contributed by atoms with van der Waals surface area (Å²) in [7, 11) is 0.